The fourth-order valence-electron chi connectivity index (χ4n) is 2.45. The molecule has 1 aliphatic carbocycles. The van der Waals surface area contributed by atoms with Crippen LogP contribution in [0, 0.1) is 11.8 Å². The summed E-state index contributed by atoms with van der Waals surface area (Å²) in [7, 11) is 1.59. The third-order valence-electron chi connectivity index (χ3n) is 4.07. The van der Waals surface area contributed by atoms with Crippen molar-refractivity contribution in [2.75, 3.05) is 12.4 Å². The molecule has 6 heteroatoms. The topological polar surface area (TPSA) is 20.3 Å². The van der Waals surface area contributed by atoms with Gasteiger partial charge in [0.2, 0.25) is 5.91 Å². The lowest BCUT2D eigenvalue weighted by Gasteiger charge is -2.40. The van der Waals surface area contributed by atoms with E-state index in [0.29, 0.717) is 24.6 Å². The van der Waals surface area contributed by atoms with E-state index in [-0.39, 0.29) is 12.3 Å². The van der Waals surface area contributed by atoms with Crippen molar-refractivity contribution in [2.45, 2.75) is 51.2 Å². The van der Waals surface area contributed by atoms with Crippen LogP contribution < -0.4 is 0 Å². The highest BCUT2D eigenvalue weighted by molar-refractivity contribution is 9.09. The largest absolute Gasteiger partial charge is 0.392 e. The van der Waals surface area contributed by atoms with Crippen LogP contribution in [0.25, 0.3) is 0 Å². The molecule has 0 aromatic heterocycles. The fourth-order valence-corrected chi connectivity index (χ4v) is 2.83. The van der Waals surface area contributed by atoms with Crippen LogP contribution >= 0.6 is 15.9 Å². The Morgan fingerprint density at radius 3 is 2.26 bits per heavy atom. The van der Waals surface area contributed by atoms with Crippen LogP contribution in [0.15, 0.2) is 0 Å². The summed E-state index contributed by atoms with van der Waals surface area (Å²) in [5.74, 6) is -2.79. The van der Waals surface area contributed by atoms with Crippen LogP contribution in [-0.2, 0) is 4.79 Å². The lowest BCUT2D eigenvalue weighted by molar-refractivity contribution is -0.201. The molecule has 0 radical (unpaired) electrons. The molecule has 0 aromatic rings. The maximum Gasteiger partial charge on any atom is 0.392 e. The van der Waals surface area contributed by atoms with Crippen molar-refractivity contribution < 1.29 is 18.0 Å². The Labute approximate surface area is 120 Å². The molecule has 0 spiro atoms. The first kappa shape index (κ1) is 16.8. The standard InChI is InChI=1S/C13H21BrF3NO/c1-12(2,8-14)18(3)11(19)9-6-4-5-7-10(9)13(15,16)17/h9-10H,4-8H2,1-3H3. The van der Waals surface area contributed by atoms with Crippen molar-refractivity contribution >= 4 is 21.8 Å². The van der Waals surface area contributed by atoms with Crippen LogP contribution in [0.2, 0.25) is 0 Å². The van der Waals surface area contributed by atoms with Crippen molar-refractivity contribution in [3.05, 3.63) is 0 Å². The predicted molar refractivity (Wildman–Crippen MR) is 72.1 cm³/mol. The Bertz CT molecular complexity index is 330. The van der Waals surface area contributed by atoms with E-state index >= 15 is 0 Å². The van der Waals surface area contributed by atoms with E-state index in [1.54, 1.807) is 7.05 Å². The van der Waals surface area contributed by atoms with Gasteiger partial charge in [0.25, 0.3) is 0 Å². The average Bonchev–Trinajstić information content (AvgIpc) is 2.36. The van der Waals surface area contributed by atoms with Crippen molar-refractivity contribution in [2.24, 2.45) is 11.8 Å². The molecule has 1 fully saturated rings. The zero-order valence-corrected chi connectivity index (χ0v) is 13.1. The van der Waals surface area contributed by atoms with Crippen molar-refractivity contribution in [3.63, 3.8) is 0 Å². The minimum atomic E-state index is -4.28. The quantitative estimate of drug-likeness (QED) is 0.709. The van der Waals surface area contributed by atoms with E-state index in [9.17, 15) is 18.0 Å². The van der Waals surface area contributed by atoms with Crippen LogP contribution in [0.5, 0.6) is 0 Å². The number of hydrogen-bond donors (Lipinski definition) is 0. The van der Waals surface area contributed by atoms with Gasteiger partial charge in [0.05, 0.1) is 5.92 Å². The summed E-state index contributed by atoms with van der Waals surface area (Å²) in [6.45, 7) is 3.68. The molecule has 19 heavy (non-hydrogen) atoms. The monoisotopic (exact) mass is 343 g/mol. The average molecular weight is 344 g/mol. The lowest BCUT2D eigenvalue weighted by Crippen LogP contribution is -2.51. The van der Waals surface area contributed by atoms with Gasteiger partial charge in [-0.15, -0.1) is 0 Å². The lowest BCUT2D eigenvalue weighted by atomic mass is 9.77. The molecule has 0 aromatic carbocycles. The molecular formula is C13H21BrF3NO. The molecule has 112 valence electrons. The van der Waals surface area contributed by atoms with Gasteiger partial charge in [-0.1, -0.05) is 28.8 Å². The Morgan fingerprint density at radius 1 is 1.26 bits per heavy atom. The third-order valence-corrected chi connectivity index (χ3v) is 5.44. The highest BCUT2D eigenvalue weighted by atomic mass is 79.9. The summed E-state index contributed by atoms with van der Waals surface area (Å²) in [5, 5.41) is 0.533. The molecule has 1 rings (SSSR count). The number of nitrogens with zero attached hydrogens (tertiary/aromatic N) is 1. The second-order valence-corrected chi connectivity index (χ2v) is 6.44. The summed E-state index contributed by atoms with van der Waals surface area (Å²) in [6.07, 6.45) is -2.61. The van der Waals surface area contributed by atoms with Crippen LogP contribution in [0.4, 0.5) is 13.2 Å². The number of halogens is 4. The van der Waals surface area contributed by atoms with E-state index in [2.05, 4.69) is 15.9 Å². The normalized spacial score (nSPS) is 25.2. The first-order chi connectivity index (χ1) is 8.61. The van der Waals surface area contributed by atoms with Gasteiger partial charge in [-0.3, -0.25) is 4.79 Å². The Balaban J connectivity index is 2.89. The molecule has 2 unspecified atom stereocenters. The van der Waals surface area contributed by atoms with E-state index < -0.39 is 23.6 Å². The molecule has 1 aliphatic rings. The number of carbonyl (C=O) groups is 1. The Kier molecular flexibility index (Phi) is 5.32. The molecule has 0 N–H and O–H groups in total. The first-order valence-electron chi connectivity index (χ1n) is 6.51. The highest BCUT2D eigenvalue weighted by Gasteiger charge is 2.49. The molecule has 0 bridgehead atoms. The number of hydrogen-bond acceptors (Lipinski definition) is 1. The maximum absolute atomic E-state index is 13.0. The Hall–Kier alpha value is -0.260. The first-order valence-corrected chi connectivity index (χ1v) is 7.63. The molecule has 2 atom stereocenters. The van der Waals surface area contributed by atoms with Crippen LogP contribution in [0.3, 0.4) is 0 Å². The minimum absolute atomic E-state index is 0.0719. The van der Waals surface area contributed by atoms with Gasteiger partial charge < -0.3 is 4.90 Å². The van der Waals surface area contributed by atoms with Gasteiger partial charge in [0.15, 0.2) is 0 Å². The number of amides is 1. The third kappa shape index (κ3) is 3.86. The van der Waals surface area contributed by atoms with Crippen molar-refractivity contribution in [3.8, 4) is 0 Å². The molecule has 0 heterocycles. The zero-order chi connectivity index (χ0) is 14.8. The summed E-state index contributed by atoms with van der Waals surface area (Å²) in [4.78, 5) is 13.8. The van der Waals surface area contributed by atoms with E-state index in [0.717, 1.165) is 0 Å². The van der Waals surface area contributed by atoms with Gasteiger partial charge in [0, 0.05) is 23.8 Å². The summed E-state index contributed by atoms with van der Waals surface area (Å²) in [6, 6.07) is 0. The van der Waals surface area contributed by atoms with Crippen molar-refractivity contribution in [1.29, 1.82) is 0 Å². The van der Waals surface area contributed by atoms with E-state index in [4.69, 9.17) is 0 Å². The smallest absolute Gasteiger partial charge is 0.340 e. The number of carbonyl (C=O) groups excluding carboxylic acids is 1. The molecule has 0 saturated heterocycles. The zero-order valence-electron chi connectivity index (χ0n) is 11.6. The molecule has 2 nitrogen and oxygen atoms in total. The highest BCUT2D eigenvalue weighted by Crippen LogP contribution is 2.42. The second kappa shape index (κ2) is 6.02. The van der Waals surface area contributed by atoms with Crippen molar-refractivity contribution in [1.82, 2.24) is 4.90 Å². The predicted octanol–water partition coefficient (Wildman–Crippen LogP) is 3.99. The van der Waals surface area contributed by atoms with Crippen LogP contribution in [0.1, 0.15) is 39.5 Å². The van der Waals surface area contributed by atoms with Crippen LogP contribution in [-0.4, -0.2) is 34.9 Å². The van der Waals surface area contributed by atoms with Gasteiger partial charge in [-0.2, -0.15) is 13.2 Å². The summed E-state index contributed by atoms with van der Waals surface area (Å²) < 4.78 is 39.0. The maximum atomic E-state index is 13.0. The SMILES string of the molecule is CN(C(=O)C1CCCCC1C(F)(F)F)C(C)(C)CBr. The molecule has 1 saturated carbocycles. The van der Waals surface area contributed by atoms with E-state index in [1.807, 2.05) is 13.8 Å². The number of alkyl halides is 4. The summed E-state index contributed by atoms with van der Waals surface area (Å²) in [5.41, 5.74) is -0.481. The second-order valence-electron chi connectivity index (χ2n) is 5.88. The summed E-state index contributed by atoms with van der Waals surface area (Å²) >= 11 is 3.30. The molecular weight excluding hydrogens is 323 g/mol. The van der Waals surface area contributed by atoms with Gasteiger partial charge in [-0.05, 0) is 26.7 Å². The van der Waals surface area contributed by atoms with Gasteiger partial charge in [-0.25, -0.2) is 0 Å². The molecule has 0 aliphatic heterocycles. The minimum Gasteiger partial charge on any atom is -0.340 e. The molecule has 1 amide bonds. The van der Waals surface area contributed by atoms with Gasteiger partial charge >= 0.3 is 6.18 Å². The van der Waals surface area contributed by atoms with E-state index in [1.165, 1.54) is 4.90 Å². The fraction of sp³-hybridized carbons (Fsp3) is 0.923. The Morgan fingerprint density at radius 2 is 1.79 bits per heavy atom. The number of rotatable bonds is 3. The van der Waals surface area contributed by atoms with Gasteiger partial charge in [0.1, 0.15) is 0 Å².